The normalized spacial score (nSPS) is 18.8. The third-order valence-corrected chi connectivity index (χ3v) is 5.51. The molecule has 3 rings (SSSR count). The minimum Gasteiger partial charge on any atom is -0.351 e. The summed E-state index contributed by atoms with van der Waals surface area (Å²) in [5.74, 6) is -0.132. The SMILES string of the molecule is CCC(=O)c1ccc(Br)cc1NN1c2cc(Br)ccc2C(=O)[C@@]1(C)OC. The number of ketones is 2. The summed E-state index contributed by atoms with van der Waals surface area (Å²) in [6, 6.07) is 10.8. The van der Waals surface area contributed by atoms with E-state index in [1.165, 1.54) is 7.11 Å². The molecule has 1 heterocycles. The number of nitrogens with zero attached hydrogens (tertiary/aromatic N) is 1. The standard InChI is InChI=1S/C19H18Br2N2O3/c1-4-17(24)13-7-5-11(20)9-15(13)22-23-16-10-12(21)6-8-14(16)18(25)19(23,2)26-3/h5-10,22H,4H2,1-3H3/t19-/m1/s1. The van der Waals surface area contributed by atoms with Crippen LogP contribution in [0.1, 0.15) is 41.0 Å². The van der Waals surface area contributed by atoms with Crippen molar-refractivity contribution in [2.24, 2.45) is 0 Å². The van der Waals surface area contributed by atoms with E-state index in [9.17, 15) is 9.59 Å². The van der Waals surface area contributed by atoms with Crippen molar-refractivity contribution in [3.8, 4) is 0 Å². The Morgan fingerprint density at radius 2 is 1.85 bits per heavy atom. The second-order valence-corrected chi connectivity index (χ2v) is 7.92. The molecule has 0 saturated carbocycles. The Morgan fingerprint density at radius 1 is 1.19 bits per heavy atom. The summed E-state index contributed by atoms with van der Waals surface area (Å²) < 4.78 is 7.25. The number of ether oxygens (including phenoxy) is 1. The van der Waals surface area contributed by atoms with Crippen LogP contribution in [0.4, 0.5) is 11.4 Å². The van der Waals surface area contributed by atoms with Crippen LogP contribution in [0.15, 0.2) is 45.3 Å². The summed E-state index contributed by atoms with van der Waals surface area (Å²) in [7, 11) is 1.49. The smallest absolute Gasteiger partial charge is 0.219 e. The highest BCUT2D eigenvalue weighted by atomic mass is 79.9. The molecule has 1 aliphatic rings. The summed E-state index contributed by atoms with van der Waals surface area (Å²) in [6.45, 7) is 3.52. The molecule has 0 saturated heterocycles. The maximum absolute atomic E-state index is 12.9. The van der Waals surface area contributed by atoms with Crippen molar-refractivity contribution in [2.75, 3.05) is 17.5 Å². The molecule has 0 bridgehead atoms. The van der Waals surface area contributed by atoms with E-state index >= 15 is 0 Å². The Balaban J connectivity index is 2.12. The van der Waals surface area contributed by atoms with Gasteiger partial charge in [-0.25, -0.2) is 5.01 Å². The van der Waals surface area contributed by atoms with Gasteiger partial charge >= 0.3 is 0 Å². The number of carbonyl (C=O) groups excluding carboxylic acids is 2. The van der Waals surface area contributed by atoms with Gasteiger partial charge in [0.25, 0.3) is 0 Å². The van der Waals surface area contributed by atoms with Crippen LogP contribution in [0.25, 0.3) is 0 Å². The highest BCUT2D eigenvalue weighted by Crippen LogP contribution is 2.41. The average molecular weight is 482 g/mol. The number of hydrogen-bond acceptors (Lipinski definition) is 5. The van der Waals surface area contributed by atoms with Crippen molar-refractivity contribution < 1.29 is 14.3 Å². The number of hydrazine groups is 1. The molecule has 5 nitrogen and oxygen atoms in total. The van der Waals surface area contributed by atoms with Gasteiger partial charge in [-0.1, -0.05) is 38.8 Å². The van der Waals surface area contributed by atoms with Gasteiger partial charge in [-0.15, -0.1) is 0 Å². The van der Waals surface area contributed by atoms with E-state index in [1.807, 2.05) is 31.2 Å². The summed E-state index contributed by atoms with van der Waals surface area (Å²) in [6.07, 6.45) is 0.388. The fourth-order valence-corrected chi connectivity index (χ4v) is 3.69. The van der Waals surface area contributed by atoms with Crippen molar-refractivity contribution in [1.82, 2.24) is 0 Å². The molecule has 1 atom stereocenters. The second-order valence-electron chi connectivity index (χ2n) is 6.09. The Bertz CT molecular complexity index is 900. The first-order valence-electron chi connectivity index (χ1n) is 8.11. The van der Waals surface area contributed by atoms with Gasteiger partial charge in [-0.3, -0.25) is 15.0 Å². The number of Topliss-reactive ketones (excluding diaryl/α,β-unsaturated/α-hetero) is 2. The van der Waals surface area contributed by atoms with E-state index in [0.717, 1.165) is 8.95 Å². The third kappa shape index (κ3) is 3.08. The molecule has 2 aromatic rings. The van der Waals surface area contributed by atoms with Crippen molar-refractivity contribution in [3.63, 3.8) is 0 Å². The lowest BCUT2D eigenvalue weighted by Crippen LogP contribution is -2.52. The lowest BCUT2D eigenvalue weighted by atomic mass is 10.1. The van der Waals surface area contributed by atoms with E-state index in [0.29, 0.717) is 28.9 Å². The van der Waals surface area contributed by atoms with Gasteiger partial charge in [-0.2, -0.15) is 0 Å². The van der Waals surface area contributed by atoms with Crippen LogP contribution in [0.5, 0.6) is 0 Å². The molecular formula is C19H18Br2N2O3. The highest BCUT2D eigenvalue weighted by Gasteiger charge is 2.49. The molecule has 0 amide bonds. The van der Waals surface area contributed by atoms with Crippen LogP contribution in [-0.2, 0) is 4.74 Å². The lowest BCUT2D eigenvalue weighted by molar-refractivity contribution is 0.0179. The number of fused-ring (bicyclic) bond motifs is 1. The summed E-state index contributed by atoms with van der Waals surface area (Å²) >= 11 is 6.89. The molecule has 0 aromatic heterocycles. The monoisotopic (exact) mass is 480 g/mol. The van der Waals surface area contributed by atoms with E-state index in [2.05, 4.69) is 37.3 Å². The number of nitrogens with one attached hydrogen (secondary N) is 1. The van der Waals surface area contributed by atoms with Crippen molar-refractivity contribution in [2.45, 2.75) is 26.0 Å². The van der Waals surface area contributed by atoms with E-state index < -0.39 is 5.72 Å². The predicted molar refractivity (Wildman–Crippen MR) is 109 cm³/mol. The average Bonchev–Trinajstić information content (AvgIpc) is 2.83. The molecule has 0 radical (unpaired) electrons. The molecule has 1 aliphatic heterocycles. The molecule has 136 valence electrons. The summed E-state index contributed by atoms with van der Waals surface area (Å²) in [4.78, 5) is 25.2. The third-order valence-electron chi connectivity index (χ3n) is 4.53. The Hall–Kier alpha value is -1.70. The van der Waals surface area contributed by atoms with Crippen LogP contribution >= 0.6 is 31.9 Å². The highest BCUT2D eigenvalue weighted by molar-refractivity contribution is 9.10. The number of benzene rings is 2. The predicted octanol–water partition coefficient (Wildman–Crippen LogP) is 5.20. The van der Waals surface area contributed by atoms with E-state index in [-0.39, 0.29) is 11.6 Å². The summed E-state index contributed by atoms with van der Waals surface area (Å²) in [5.41, 5.74) is 4.42. The van der Waals surface area contributed by atoms with Gasteiger partial charge in [0.2, 0.25) is 11.5 Å². The van der Waals surface area contributed by atoms with Crippen molar-refractivity contribution in [1.29, 1.82) is 0 Å². The molecular weight excluding hydrogens is 464 g/mol. The molecule has 0 aliphatic carbocycles. The Labute approximate surface area is 168 Å². The van der Waals surface area contributed by atoms with E-state index in [4.69, 9.17) is 4.74 Å². The Kier molecular flexibility index (Phi) is 5.23. The number of carbonyl (C=O) groups is 2. The van der Waals surface area contributed by atoms with Gasteiger partial charge in [0.1, 0.15) is 0 Å². The molecule has 0 unspecified atom stereocenters. The van der Waals surface area contributed by atoms with Gasteiger partial charge in [0.05, 0.1) is 11.4 Å². The minimum absolute atomic E-state index is 0.0131. The van der Waals surface area contributed by atoms with Gasteiger partial charge < -0.3 is 4.74 Å². The summed E-state index contributed by atoms with van der Waals surface area (Å²) in [5, 5.41) is 1.67. The fraction of sp³-hybridized carbons (Fsp3) is 0.263. The molecule has 7 heteroatoms. The number of rotatable bonds is 5. The van der Waals surface area contributed by atoms with Crippen LogP contribution in [0, 0.1) is 0 Å². The van der Waals surface area contributed by atoms with Crippen LogP contribution in [-0.4, -0.2) is 24.4 Å². The zero-order valence-electron chi connectivity index (χ0n) is 14.6. The molecule has 0 spiro atoms. The molecule has 2 aromatic carbocycles. The number of anilines is 2. The largest absolute Gasteiger partial charge is 0.351 e. The first-order valence-corrected chi connectivity index (χ1v) is 9.69. The number of halogens is 2. The van der Waals surface area contributed by atoms with Crippen LogP contribution in [0.2, 0.25) is 0 Å². The van der Waals surface area contributed by atoms with Crippen LogP contribution < -0.4 is 10.4 Å². The maximum Gasteiger partial charge on any atom is 0.219 e. The van der Waals surface area contributed by atoms with Crippen molar-refractivity contribution in [3.05, 3.63) is 56.5 Å². The van der Waals surface area contributed by atoms with Crippen molar-refractivity contribution >= 4 is 54.8 Å². The Morgan fingerprint density at radius 3 is 2.50 bits per heavy atom. The molecule has 0 fully saturated rings. The minimum atomic E-state index is -1.22. The second kappa shape index (κ2) is 7.13. The van der Waals surface area contributed by atoms with Gasteiger partial charge in [-0.05, 0) is 43.3 Å². The number of hydrogen-bond donors (Lipinski definition) is 1. The lowest BCUT2D eigenvalue weighted by Gasteiger charge is -2.35. The fourth-order valence-electron chi connectivity index (χ4n) is 2.98. The zero-order valence-corrected chi connectivity index (χ0v) is 17.8. The molecule has 26 heavy (non-hydrogen) atoms. The van der Waals surface area contributed by atoms with Gasteiger partial charge in [0, 0.05) is 33.6 Å². The topological polar surface area (TPSA) is 58.6 Å². The van der Waals surface area contributed by atoms with E-state index in [1.54, 1.807) is 24.1 Å². The maximum atomic E-state index is 12.9. The number of methoxy groups -OCH3 is 1. The molecule has 1 N–H and O–H groups in total. The van der Waals surface area contributed by atoms with Crippen LogP contribution in [0.3, 0.4) is 0 Å². The first-order chi connectivity index (χ1) is 12.3. The first kappa shape index (κ1) is 19.1. The zero-order chi connectivity index (χ0) is 19.1. The quantitative estimate of drug-likeness (QED) is 0.595. The van der Waals surface area contributed by atoms with Gasteiger partial charge in [0.15, 0.2) is 5.78 Å².